The standard InChI is InChI=1S/C29H29N5O5S/c1-16(24-11-18(14-40-24)26(30)31)33-28(37)23-12-29(38-8-9-39-29)15-34(23)25(35)13-32-27(36)17-6-7-21-19-4-2-3-5-20(19)22(21)10-17/h2-7,10-11,14,16,23H,8-9,12-13,15H2,1H3,(H3,30,31)(H,32,36)(H,33,37)/t16-,23+/m1/s1. The highest BCUT2D eigenvalue weighted by Crippen LogP contribution is 2.35. The van der Waals surface area contributed by atoms with Crippen LogP contribution in [0.5, 0.6) is 0 Å². The van der Waals surface area contributed by atoms with Crippen LogP contribution in [0.3, 0.4) is 0 Å². The summed E-state index contributed by atoms with van der Waals surface area (Å²) in [5, 5.41) is 19.4. The number of nitrogens with one attached hydrogen (secondary N) is 3. The molecule has 2 saturated heterocycles. The van der Waals surface area contributed by atoms with E-state index in [0.717, 1.165) is 25.8 Å². The monoisotopic (exact) mass is 559 g/mol. The Kier molecular flexibility index (Phi) is 6.65. The van der Waals surface area contributed by atoms with E-state index >= 15 is 0 Å². The molecule has 0 unspecified atom stereocenters. The zero-order chi connectivity index (χ0) is 28.0. The molecule has 2 aromatic carbocycles. The number of nitrogen functional groups attached to an aromatic ring is 1. The Labute approximate surface area is 233 Å². The second-order valence-electron chi connectivity index (χ2n) is 10.2. The van der Waals surface area contributed by atoms with E-state index in [0.29, 0.717) is 24.3 Å². The van der Waals surface area contributed by atoms with Crippen LogP contribution >= 0.6 is 11.3 Å². The van der Waals surface area contributed by atoms with E-state index in [9.17, 15) is 14.4 Å². The number of hydrogen-bond acceptors (Lipinski definition) is 7. The summed E-state index contributed by atoms with van der Waals surface area (Å²) >= 11 is 1.39. The van der Waals surface area contributed by atoms with Gasteiger partial charge in [-0.15, -0.1) is 11.3 Å². The Bertz CT molecular complexity index is 1730. The Morgan fingerprint density at radius 2 is 1.77 bits per heavy atom. The lowest BCUT2D eigenvalue weighted by Crippen LogP contribution is -2.49. The van der Waals surface area contributed by atoms with Gasteiger partial charge < -0.3 is 30.7 Å². The fraction of sp³-hybridized carbons (Fsp3) is 0.310. The number of benzene rings is 2. The quantitative estimate of drug-likeness (QED) is 0.201. The highest BCUT2D eigenvalue weighted by Gasteiger charge is 2.52. The predicted molar refractivity (Wildman–Crippen MR) is 147 cm³/mol. The van der Waals surface area contributed by atoms with Crippen molar-refractivity contribution in [3.63, 3.8) is 0 Å². The second kappa shape index (κ2) is 10.2. The molecule has 1 spiro atoms. The molecule has 0 radical (unpaired) electrons. The van der Waals surface area contributed by atoms with Crippen LogP contribution in [0.2, 0.25) is 0 Å². The van der Waals surface area contributed by atoms with Gasteiger partial charge in [-0.25, -0.2) is 0 Å². The molecule has 10 nitrogen and oxygen atoms in total. The molecule has 40 heavy (non-hydrogen) atoms. The van der Waals surface area contributed by atoms with Gasteiger partial charge in [0.2, 0.25) is 11.8 Å². The number of rotatable bonds is 7. The molecule has 11 heteroatoms. The fourth-order valence-electron chi connectivity index (χ4n) is 5.54. The molecule has 2 aliphatic heterocycles. The smallest absolute Gasteiger partial charge is 0.251 e. The molecule has 1 aromatic heterocycles. The van der Waals surface area contributed by atoms with Gasteiger partial charge in [0.25, 0.3) is 5.91 Å². The Morgan fingerprint density at radius 3 is 2.48 bits per heavy atom. The Morgan fingerprint density at radius 1 is 1.07 bits per heavy atom. The lowest BCUT2D eigenvalue weighted by atomic mass is 9.99. The van der Waals surface area contributed by atoms with E-state index in [1.54, 1.807) is 17.5 Å². The first kappa shape index (κ1) is 26.2. The number of nitrogens with zero attached hydrogens (tertiary/aromatic N) is 1. The van der Waals surface area contributed by atoms with Crippen molar-refractivity contribution in [2.45, 2.75) is 31.2 Å². The molecule has 3 aliphatic rings. The number of thiophene rings is 1. The molecule has 2 fully saturated rings. The van der Waals surface area contributed by atoms with Crippen LogP contribution in [0.1, 0.15) is 40.2 Å². The molecule has 1 aliphatic carbocycles. The van der Waals surface area contributed by atoms with Gasteiger partial charge in [-0.3, -0.25) is 19.8 Å². The van der Waals surface area contributed by atoms with Crippen LogP contribution in [-0.4, -0.2) is 66.6 Å². The van der Waals surface area contributed by atoms with Gasteiger partial charge in [0.05, 0.1) is 32.3 Å². The minimum atomic E-state index is -1.04. The number of fused-ring (bicyclic) bond motifs is 2. The Hall–Kier alpha value is -4.06. The van der Waals surface area contributed by atoms with E-state index in [1.807, 2.05) is 43.3 Å². The lowest BCUT2D eigenvalue weighted by Gasteiger charge is -2.25. The van der Waals surface area contributed by atoms with Crippen molar-refractivity contribution in [2.75, 3.05) is 26.3 Å². The van der Waals surface area contributed by atoms with Crippen molar-refractivity contribution in [3.8, 4) is 0 Å². The maximum atomic E-state index is 13.4. The van der Waals surface area contributed by atoms with Crippen molar-refractivity contribution in [2.24, 2.45) is 5.73 Å². The number of nitrogens with two attached hydrogens (primary N) is 1. The topological polar surface area (TPSA) is 147 Å². The van der Waals surface area contributed by atoms with Crippen molar-refractivity contribution >= 4 is 34.9 Å². The molecule has 0 saturated carbocycles. The van der Waals surface area contributed by atoms with E-state index in [4.69, 9.17) is 20.6 Å². The van der Waals surface area contributed by atoms with Crippen molar-refractivity contribution in [1.29, 1.82) is 5.41 Å². The average molecular weight is 560 g/mol. The molecule has 5 N–H and O–H groups in total. The number of carbonyl (C=O) groups excluding carboxylic acids is 3. The first-order valence-corrected chi connectivity index (χ1v) is 14.0. The molecule has 6 rings (SSSR count). The van der Waals surface area contributed by atoms with Crippen molar-refractivity contribution < 1.29 is 23.9 Å². The number of carbonyl (C=O) groups is 3. The van der Waals surface area contributed by atoms with Gasteiger partial charge in [0.15, 0.2) is 5.79 Å². The third-order valence-corrected chi connectivity index (χ3v) is 8.75. The summed E-state index contributed by atoms with van der Waals surface area (Å²) in [6.45, 7) is 2.42. The van der Waals surface area contributed by atoms with Crippen LogP contribution in [-0.2, 0) is 19.1 Å². The molecule has 206 valence electrons. The number of ether oxygens (including phenoxy) is 2. The highest BCUT2D eigenvalue weighted by molar-refractivity contribution is 7.10. The number of likely N-dealkylation sites (tertiary alicyclic amines) is 1. The van der Waals surface area contributed by atoms with E-state index in [-0.39, 0.29) is 43.2 Å². The first-order valence-electron chi connectivity index (χ1n) is 13.1. The zero-order valence-corrected chi connectivity index (χ0v) is 22.7. The summed E-state index contributed by atoms with van der Waals surface area (Å²) in [6, 6.07) is 14.1. The zero-order valence-electron chi connectivity index (χ0n) is 21.9. The molecular weight excluding hydrogens is 530 g/mol. The molecule has 2 atom stereocenters. The van der Waals surface area contributed by atoms with E-state index in [1.165, 1.54) is 16.2 Å². The maximum absolute atomic E-state index is 13.4. The van der Waals surface area contributed by atoms with Crippen molar-refractivity contribution in [3.05, 3.63) is 90.8 Å². The summed E-state index contributed by atoms with van der Waals surface area (Å²) in [5.41, 5.74) is 6.63. The van der Waals surface area contributed by atoms with Gasteiger partial charge in [-0.2, -0.15) is 0 Å². The SMILES string of the molecule is C[C@@H](NC(=O)[C@@H]1CC2(CN1C(=O)CNC(=O)c1ccc3c(c1)=c1ccccc1=3)OCCO2)c1cc(C(=N)N)cs1. The van der Waals surface area contributed by atoms with Gasteiger partial charge >= 0.3 is 0 Å². The van der Waals surface area contributed by atoms with Gasteiger partial charge in [0, 0.05) is 27.8 Å². The highest BCUT2D eigenvalue weighted by atomic mass is 32.1. The first-order chi connectivity index (χ1) is 19.2. The molecule has 0 bridgehead atoms. The fourth-order valence-corrected chi connectivity index (χ4v) is 6.45. The van der Waals surface area contributed by atoms with Gasteiger partial charge in [-0.05, 0) is 46.0 Å². The van der Waals surface area contributed by atoms with E-state index < -0.39 is 17.7 Å². The minimum absolute atomic E-state index is 0.0396. The predicted octanol–water partition coefficient (Wildman–Crippen LogP) is 1.87. The summed E-state index contributed by atoms with van der Waals surface area (Å²) in [4.78, 5) is 42.0. The summed E-state index contributed by atoms with van der Waals surface area (Å²) in [5.74, 6) is -2.19. The summed E-state index contributed by atoms with van der Waals surface area (Å²) < 4.78 is 11.6. The van der Waals surface area contributed by atoms with Crippen LogP contribution in [0.4, 0.5) is 0 Å². The largest absolute Gasteiger partial charge is 0.384 e. The maximum Gasteiger partial charge on any atom is 0.251 e. The molecule has 3 aromatic rings. The third kappa shape index (κ3) is 4.66. The van der Waals surface area contributed by atoms with E-state index in [2.05, 4.69) is 10.6 Å². The van der Waals surface area contributed by atoms with Gasteiger partial charge in [-0.1, -0.05) is 30.3 Å². The molecule has 3 amide bonds. The third-order valence-electron chi connectivity index (χ3n) is 7.63. The molecular formula is C29H29N5O5S. The number of amides is 3. The second-order valence-corrected chi connectivity index (χ2v) is 11.2. The van der Waals surface area contributed by atoms with Crippen LogP contribution in [0.25, 0.3) is 0 Å². The summed E-state index contributed by atoms with van der Waals surface area (Å²) in [7, 11) is 0. The molecule has 3 heterocycles. The van der Waals surface area contributed by atoms with Crippen LogP contribution < -0.4 is 16.4 Å². The number of hydrogen-bond donors (Lipinski definition) is 4. The minimum Gasteiger partial charge on any atom is -0.384 e. The van der Waals surface area contributed by atoms with Crippen LogP contribution in [0, 0.1) is 26.3 Å². The lowest BCUT2D eigenvalue weighted by molar-refractivity contribution is -0.152. The normalized spacial score (nSPS) is 18.9. The van der Waals surface area contributed by atoms with Crippen molar-refractivity contribution in [1.82, 2.24) is 15.5 Å². The Balaban J connectivity index is 1.14. The van der Waals surface area contributed by atoms with Gasteiger partial charge in [0.1, 0.15) is 11.9 Å². The van der Waals surface area contributed by atoms with Crippen LogP contribution in [0.15, 0.2) is 53.9 Å². The average Bonchev–Trinajstić information content (AvgIpc) is 3.70. The summed E-state index contributed by atoms with van der Waals surface area (Å²) in [6.07, 6.45) is 0.193. The number of amidine groups is 1.